The van der Waals surface area contributed by atoms with Gasteiger partial charge in [0.1, 0.15) is 5.92 Å². The summed E-state index contributed by atoms with van der Waals surface area (Å²) in [6, 6.07) is 3.84. The standard InChI is InChI=1S/C8H10N2/c1-3-7(4-2)8(5-9)6-10/h3,7-8H,1,4H2,2H3/t7-/m0/s1. The largest absolute Gasteiger partial charge is 0.197 e. The molecule has 0 aromatic rings. The van der Waals surface area contributed by atoms with Gasteiger partial charge in [-0.3, -0.25) is 0 Å². The molecule has 2 heteroatoms. The molecule has 0 rings (SSSR count). The van der Waals surface area contributed by atoms with Crippen molar-refractivity contribution in [1.82, 2.24) is 0 Å². The number of hydrogen-bond acceptors (Lipinski definition) is 2. The van der Waals surface area contributed by atoms with Gasteiger partial charge in [-0.2, -0.15) is 10.5 Å². The van der Waals surface area contributed by atoms with Crippen LogP contribution in [0.4, 0.5) is 0 Å². The Morgan fingerprint density at radius 3 is 2.10 bits per heavy atom. The minimum atomic E-state index is -0.525. The molecule has 0 aromatic heterocycles. The molecule has 2 nitrogen and oxygen atoms in total. The second-order valence-corrected chi connectivity index (χ2v) is 2.04. The van der Waals surface area contributed by atoms with Crippen molar-refractivity contribution in [3.05, 3.63) is 12.7 Å². The molecule has 0 fully saturated rings. The molecule has 0 radical (unpaired) electrons. The summed E-state index contributed by atoms with van der Waals surface area (Å²) in [6.07, 6.45) is 2.46. The number of hydrogen-bond donors (Lipinski definition) is 0. The van der Waals surface area contributed by atoms with Crippen LogP contribution in [0.2, 0.25) is 0 Å². The number of nitrogens with zero attached hydrogens (tertiary/aromatic N) is 2. The molecule has 0 saturated carbocycles. The van der Waals surface area contributed by atoms with E-state index in [1.165, 1.54) is 0 Å². The van der Waals surface area contributed by atoms with Crippen LogP contribution in [0.5, 0.6) is 0 Å². The third-order valence-electron chi connectivity index (χ3n) is 1.48. The summed E-state index contributed by atoms with van der Waals surface area (Å²) in [5.41, 5.74) is 0. The van der Waals surface area contributed by atoms with Crippen molar-refractivity contribution in [2.45, 2.75) is 13.3 Å². The molecule has 0 aliphatic rings. The average Bonchev–Trinajstić information content (AvgIpc) is 2.00. The van der Waals surface area contributed by atoms with E-state index < -0.39 is 5.92 Å². The first-order valence-corrected chi connectivity index (χ1v) is 3.21. The quantitative estimate of drug-likeness (QED) is 0.553. The summed E-state index contributed by atoms with van der Waals surface area (Å²) < 4.78 is 0. The molecule has 0 N–H and O–H groups in total. The van der Waals surface area contributed by atoms with E-state index in [2.05, 4.69) is 6.58 Å². The topological polar surface area (TPSA) is 47.6 Å². The van der Waals surface area contributed by atoms with Crippen LogP contribution in [0.25, 0.3) is 0 Å². The summed E-state index contributed by atoms with van der Waals surface area (Å²) in [6.45, 7) is 5.48. The van der Waals surface area contributed by atoms with Crippen LogP contribution in [0.15, 0.2) is 12.7 Å². The summed E-state index contributed by atoms with van der Waals surface area (Å²) >= 11 is 0. The number of allylic oxidation sites excluding steroid dienone is 1. The predicted octanol–water partition coefficient (Wildman–Crippen LogP) is 1.86. The summed E-state index contributed by atoms with van der Waals surface area (Å²) in [5, 5.41) is 16.9. The van der Waals surface area contributed by atoms with Crippen molar-refractivity contribution in [3.8, 4) is 12.1 Å². The second kappa shape index (κ2) is 4.58. The Kier molecular flexibility index (Phi) is 4.00. The van der Waals surface area contributed by atoms with E-state index in [4.69, 9.17) is 10.5 Å². The zero-order chi connectivity index (χ0) is 7.98. The van der Waals surface area contributed by atoms with Crippen LogP contribution in [0, 0.1) is 34.5 Å². The second-order valence-electron chi connectivity index (χ2n) is 2.04. The monoisotopic (exact) mass is 134 g/mol. The van der Waals surface area contributed by atoms with E-state index in [-0.39, 0.29) is 5.92 Å². The van der Waals surface area contributed by atoms with Gasteiger partial charge in [0.15, 0.2) is 0 Å². The van der Waals surface area contributed by atoms with Crippen molar-refractivity contribution in [2.24, 2.45) is 11.8 Å². The first kappa shape index (κ1) is 8.72. The molecule has 0 saturated heterocycles. The molecular formula is C8H10N2. The molecule has 0 aromatic carbocycles. The van der Waals surface area contributed by atoms with Gasteiger partial charge in [0, 0.05) is 5.92 Å². The Labute approximate surface area is 61.4 Å². The highest BCUT2D eigenvalue weighted by molar-refractivity contribution is 5.06. The van der Waals surface area contributed by atoms with E-state index in [0.29, 0.717) is 0 Å². The Bertz CT molecular complexity index is 168. The van der Waals surface area contributed by atoms with Crippen molar-refractivity contribution in [3.63, 3.8) is 0 Å². The van der Waals surface area contributed by atoms with Gasteiger partial charge in [-0.25, -0.2) is 0 Å². The SMILES string of the molecule is C=C[C@@H](CC)C(C#N)C#N. The molecule has 0 unspecified atom stereocenters. The fourth-order valence-corrected chi connectivity index (χ4v) is 0.759. The highest BCUT2D eigenvalue weighted by Crippen LogP contribution is 2.14. The molecule has 10 heavy (non-hydrogen) atoms. The van der Waals surface area contributed by atoms with E-state index in [1.54, 1.807) is 6.08 Å². The zero-order valence-corrected chi connectivity index (χ0v) is 6.04. The van der Waals surface area contributed by atoms with Crippen molar-refractivity contribution in [2.75, 3.05) is 0 Å². The maximum absolute atomic E-state index is 8.44. The highest BCUT2D eigenvalue weighted by atomic mass is 14.3. The maximum atomic E-state index is 8.44. The van der Waals surface area contributed by atoms with E-state index in [1.807, 2.05) is 19.1 Å². The first-order valence-electron chi connectivity index (χ1n) is 3.21. The molecule has 0 aliphatic heterocycles. The van der Waals surface area contributed by atoms with Gasteiger partial charge in [0.05, 0.1) is 12.1 Å². The molecule has 1 atom stereocenters. The molecular weight excluding hydrogens is 124 g/mol. The first-order chi connectivity index (χ1) is 4.79. The molecule has 0 bridgehead atoms. The fourth-order valence-electron chi connectivity index (χ4n) is 0.759. The third-order valence-corrected chi connectivity index (χ3v) is 1.48. The number of nitriles is 2. The van der Waals surface area contributed by atoms with Crippen LogP contribution in [-0.4, -0.2) is 0 Å². The Morgan fingerprint density at radius 1 is 1.50 bits per heavy atom. The van der Waals surface area contributed by atoms with Crippen LogP contribution < -0.4 is 0 Å². The lowest BCUT2D eigenvalue weighted by Gasteiger charge is -2.07. The summed E-state index contributed by atoms with van der Waals surface area (Å²) in [5.74, 6) is -0.502. The molecule has 0 spiro atoms. The molecule has 0 aliphatic carbocycles. The van der Waals surface area contributed by atoms with Crippen molar-refractivity contribution < 1.29 is 0 Å². The summed E-state index contributed by atoms with van der Waals surface area (Å²) in [7, 11) is 0. The van der Waals surface area contributed by atoms with Crippen molar-refractivity contribution in [1.29, 1.82) is 10.5 Å². The molecule has 0 amide bonds. The highest BCUT2D eigenvalue weighted by Gasteiger charge is 2.14. The Balaban J connectivity index is 4.16. The zero-order valence-electron chi connectivity index (χ0n) is 6.04. The normalized spacial score (nSPS) is 11.6. The van der Waals surface area contributed by atoms with Crippen LogP contribution in [0.1, 0.15) is 13.3 Å². The van der Waals surface area contributed by atoms with Crippen LogP contribution >= 0.6 is 0 Å². The van der Waals surface area contributed by atoms with Gasteiger partial charge >= 0.3 is 0 Å². The maximum Gasteiger partial charge on any atom is 0.139 e. The summed E-state index contributed by atoms with van der Waals surface area (Å²) in [4.78, 5) is 0. The van der Waals surface area contributed by atoms with Gasteiger partial charge in [0.25, 0.3) is 0 Å². The Hall–Kier alpha value is -1.28. The van der Waals surface area contributed by atoms with Gasteiger partial charge in [-0.1, -0.05) is 13.0 Å². The van der Waals surface area contributed by atoms with Crippen LogP contribution in [0.3, 0.4) is 0 Å². The smallest absolute Gasteiger partial charge is 0.139 e. The van der Waals surface area contributed by atoms with Gasteiger partial charge in [-0.15, -0.1) is 6.58 Å². The minimum Gasteiger partial charge on any atom is -0.197 e. The minimum absolute atomic E-state index is 0.0231. The predicted molar refractivity (Wildman–Crippen MR) is 38.7 cm³/mol. The lowest BCUT2D eigenvalue weighted by molar-refractivity contribution is 0.558. The van der Waals surface area contributed by atoms with E-state index in [9.17, 15) is 0 Å². The van der Waals surface area contributed by atoms with Crippen molar-refractivity contribution >= 4 is 0 Å². The van der Waals surface area contributed by atoms with E-state index in [0.717, 1.165) is 6.42 Å². The van der Waals surface area contributed by atoms with Gasteiger partial charge < -0.3 is 0 Å². The lowest BCUT2D eigenvalue weighted by Crippen LogP contribution is -2.06. The van der Waals surface area contributed by atoms with E-state index >= 15 is 0 Å². The molecule has 52 valence electrons. The van der Waals surface area contributed by atoms with Gasteiger partial charge in [-0.05, 0) is 6.42 Å². The van der Waals surface area contributed by atoms with Crippen LogP contribution in [-0.2, 0) is 0 Å². The van der Waals surface area contributed by atoms with Gasteiger partial charge in [0.2, 0.25) is 0 Å². The number of rotatable bonds is 3. The fraction of sp³-hybridized carbons (Fsp3) is 0.500. The third kappa shape index (κ3) is 1.91. The average molecular weight is 134 g/mol. The lowest BCUT2D eigenvalue weighted by atomic mass is 9.93. The molecule has 0 heterocycles. The Morgan fingerprint density at radius 2 is 2.00 bits per heavy atom.